The molecule has 8 heteroatoms. The standard InChI is InChI=1S/C21H24FN5O2/c1-21(2)8-16(29)27-10-12-17(19(21)27)18(12)26(4)20-24-14(7-15(28)25(20)3)11-5-6-23-9-13(11)22/h5-7,9,12,17-19H,8,10H2,1-4H3/t12-,17+,18+,19?/m0/s1. The van der Waals surface area contributed by atoms with Crippen molar-refractivity contribution in [3.05, 3.63) is 40.7 Å². The van der Waals surface area contributed by atoms with Gasteiger partial charge < -0.3 is 9.80 Å². The zero-order valence-electron chi connectivity index (χ0n) is 17.0. The van der Waals surface area contributed by atoms with Crippen LogP contribution >= 0.6 is 0 Å². The third kappa shape index (κ3) is 2.54. The Labute approximate surface area is 168 Å². The van der Waals surface area contributed by atoms with Crippen LogP contribution in [0.25, 0.3) is 11.3 Å². The van der Waals surface area contributed by atoms with Gasteiger partial charge in [-0.25, -0.2) is 9.37 Å². The van der Waals surface area contributed by atoms with E-state index in [-0.39, 0.29) is 34.5 Å². The Bertz CT molecular complexity index is 1080. The van der Waals surface area contributed by atoms with E-state index in [1.807, 2.05) is 16.8 Å². The van der Waals surface area contributed by atoms with Crippen LogP contribution in [-0.2, 0) is 11.8 Å². The molecule has 2 aromatic rings. The second-order valence-electron chi connectivity index (χ2n) is 9.19. The van der Waals surface area contributed by atoms with E-state index < -0.39 is 5.82 Å². The molecule has 2 aromatic heterocycles. The molecule has 2 aliphatic heterocycles. The van der Waals surface area contributed by atoms with Gasteiger partial charge in [0.2, 0.25) is 11.9 Å². The zero-order chi connectivity index (χ0) is 20.7. The molecule has 0 spiro atoms. The van der Waals surface area contributed by atoms with Crippen molar-refractivity contribution >= 4 is 11.9 Å². The number of rotatable bonds is 3. The van der Waals surface area contributed by atoms with E-state index in [9.17, 15) is 14.0 Å². The summed E-state index contributed by atoms with van der Waals surface area (Å²) in [7, 11) is 3.62. The number of halogens is 1. The number of aromatic nitrogens is 3. The van der Waals surface area contributed by atoms with E-state index in [0.717, 1.165) is 12.7 Å². The number of pyridine rings is 1. The average Bonchev–Trinajstić information content (AvgIpc) is 3.10. The third-order valence-electron chi connectivity index (χ3n) is 6.94. The fourth-order valence-corrected chi connectivity index (χ4v) is 5.62. The molecule has 4 atom stereocenters. The van der Waals surface area contributed by atoms with Crippen LogP contribution in [0.3, 0.4) is 0 Å². The summed E-state index contributed by atoms with van der Waals surface area (Å²) in [4.78, 5) is 37.4. The molecule has 1 unspecified atom stereocenters. The minimum Gasteiger partial charge on any atom is -0.342 e. The average molecular weight is 397 g/mol. The Morgan fingerprint density at radius 3 is 2.79 bits per heavy atom. The fraction of sp³-hybridized carbons (Fsp3) is 0.524. The van der Waals surface area contributed by atoms with Crippen LogP contribution in [0.1, 0.15) is 20.3 Å². The maximum Gasteiger partial charge on any atom is 0.255 e. The van der Waals surface area contributed by atoms with Crippen LogP contribution < -0.4 is 10.5 Å². The maximum absolute atomic E-state index is 14.2. The summed E-state index contributed by atoms with van der Waals surface area (Å²) in [6.45, 7) is 5.08. The molecular formula is C21H24FN5O2. The summed E-state index contributed by atoms with van der Waals surface area (Å²) in [5.41, 5.74) is 0.278. The third-order valence-corrected chi connectivity index (χ3v) is 6.94. The largest absolute Gasteiger partial charge is 0.342 e. The molecule has 3 aliphatic rings. The number of fused-ring (bicyclic) bond motifs is 3. The molecule has 4 heterocycles. The first-order chi connectivity index (χ1) is 13.7. The van der Waals surface area contributed by atoms with E-state index in [2.05, 4.69) is 23.8 Å². The molecule has 1 saturated carbocycles. The highest BCUT2D eigenvalue weighted by molar-refractivity contribution is 5.81. The molecule has 0 N–H and O–H groups in total. The Kier molecular flexibility index (Phi) is 3.70. The summed E-state index contributed by atoms with van der Waals surface area (Å²) < 4.78 is 15.7. The normalized spacial score (nSPS) is 29.0. The summed E-state index contributed by atoms with van der Waals surface area (Å²) in [6.07, 6.45) is 3.20. The van der Waals surface area contributed by atoms with Gasteiger partial charge in [0.05, 0.1) is 11.9 Å². The lowest BCUT2D eigenvalue weighted by atomic mass is 9.82. The van der Waals surface area contributed by atoms with Crippen molar-refractivity contribution in [1.82, 2.24) is 19.4 Å². The van der Waals surface area contributed by atoms with Gasteiger partial charge in [-0.15, -0.1) is 0 Å². The smallest absolute Gasteiger partial charge is 0.255 e. The summed E-state index contributed by atoms with van der Waals surface area (Å²) in [6, 6.07) is 3.32. The number of hydrogen-bond donors (Lipinski definition) is 0. The van der Waals surface area contributed by atoms with Gasteiger partial charge in [-0.05, 0) is 11.5 Å². The maximum atomic E-state index is 14.2. The van der Waals surface area contributed by atoms with Crippen LogP contribution in [-0.4, -0.2) is 51.0 Å². The molecule has 5 rings (SSSR count). The highest BCUT2D eigenvalue weighted by Crippen LogP contribution is 2.60. The summed E-state index contributed by atoms with van der Waals surface area (Å²) >= 11 is 0. The van der Waals surface area contributed by atoms with Crippen molar-refractivity contribution in [2.45, 2.75) is 32.4 Å². The Hall–Kier alpha value is -2.77. The number of carbonyl (C=O) groups is 1. The van der Waals surface area contributed by atoms with Gasteiger partial charge >= 0.3 is 0 Å². The lowest BCUT2D eigenvalue weighted by molar-refractivity contribution is -0.128. The minimum atomic E-state index is -0.507. The monoisotopic (exact) mass is 397 g/mol. The number of nitrogens with zero attached hydrogens (tertiary/aromatic N) is 5. The first kappa shape index (κ1) is 18.3. The van der Waals surface area contributed by atoms with Crippen molar-refractivity contribution in [2.24, 2.45) is 24.3 Å². The molecular weight excluding hydrogens is 373 g/mol. The van der Waals surface area contributed by atoms with E-state index >= 15 is 0 Å². The van der Waals surface area contributed by atoms with Gasteiger partial charge in [0.1, 0.15) is 0 Å². The first-order valence-electron chi connectivity index (χ1n) is 9.91. The van der Waals surface area contributed by atoms with Gasteiger partial charge in [0.25, 0.3) is 5.56 Å². The highest BCUT2D eigenvalue weighted by atomic mass is 19.1. The zero-order valence-corrected chi connectivity index (χ0v) is 17.0. The SMILES string of the molecule is CN(c1nc(-c2ccncc2F)cc(=O)n1C)[C@@H]1[C@H]2CN3C(=O)CC(C)(C)C3[C@H]21. The Balaban J connectivity index is 1.49. The number of anilines is 1. The Morgan fingerprint density at radius 1 is 1.31 bits per heavy atom. The van der Waals surface area contributed by atoms with E-state index in [1.165, 1.54) is 22.9 Å². The van der Waals surface area contributed by atoms with Crippen LogP contribution in [0.4, 0.5) is 10.3 Å². The summed E-state index contributed by atoms with van der Waals surface area (Å²) in [5.74, 6) is 1.00. The minimum absolute atomic E-state index is 0.0482. The molecule has 2 saturated heterocycles. The predicted molar refractivity (Wildman–Crippen MR) is 106 cm³/mol. The van der Waals surface area contributed by atoms with E-state index in [1.54, 1.807) is 7.05 Å². The van der Waals surface area contributed by atoms with Gasteiger partial charge in [-0.3, -0.25) is 19.1 Å². The quantitative estimate of drug-likeness (QED) is 0.788. The Morgan fingerprint density at radius 2 is 2.07 bits per heavy atom. The first-order valence-corrected chi connectivity index (χ1v) is 9.91. The molecule has 0 radical (unpaired) electrons. The number of hydrogen-bond acceptors (Lipinski definition) is 5. The molecule has 0 aromatic carbocycles. The molecule has 7 nitrogen and oxygen atoms in total. The lowest BCUT2D eigenvalue weighted by Crippen LogP contribution is -2.42. The van der Waals surface area contributed by atoms with Gasteiger partial charge in [-0.2, -0.15) is 0 Å². The van der Waals surface area contributed by atoms with Crippen LogP contribution in [0.2, 0.25) is 0 Å². The number of amides is 1. The van der Waals surface area contributed by atoms with Gasteiger partial charge in [0.15, 0.2) is 5.82 Å². The molecule has 1 aliphatic carbocycles. The molecule has 29 heavy (non-hydrogen) atoms. The molecule has 1 amide bonds. The predicted octanol–water partition coefficient (Wildman–Crippen LogP) is 1.67. The van der Waals surface area contributed by atoms with Crippen molar-refractivity contribution in [1.29, 1.82) is 0 Å². The van der Waals surface area contributed by atoms with Crippen molar-refractivity contribution < 1.29 is 9.18 Å². The molecule has 152 valence electrons. The van der Waals surface area contributed by atoms with Crippen LogP contribution in [0.5, 0.6) is 0 Å². The number of carbonyl (C=O) groups excluding carboxylic acids is 1. The highest BCUT2D eigenvalue weighted by Gasteiger charge is 2.69. The van der Waals surface area contributed by atoms with Crippen molar-refractivity contribution in [3.8, 4) is 11.3 Å². The summed E-state index contributed by atoms with van der Waals surface area (Å²) in [5, 5.41) is 0. The van der Waals surface area contributed by atoms with Crippen LogP contribution in [0.15, 0.2) is 29.3 Å². The lowest BCUT2D eigenvalue weighted by Gasteiger charge is -2.32. The van der Waals surface area contributed by atoms with E-state index in [0.29, 0.717) is 29.9 Å². The van der Waals surface area contributed by atoms with Crippen LogP contribution in [0, 0.1) is 23.1 Å². The van der Waals surface area contributed by atoms with Crippen molar-refractivity contribution in [3.63, 3.8) is 0 Å². The van der Waals surface area contributed by atoms with Crippen molar-refractivity contribution in [2.75, 3.05) is 18.5 Å². The molecule has 3 fully saturated rings. The van der Waals surface area contributed by atoms with Gasteiger partial charge in [0, 0.05) is 68.8 Å². The number of piperidine rings is 1. The fourth-order valence-electron chi connectivity index (χ4n) is 5.62. The molecule has 0 bridgehead atoms. The topological polar surface area (TPSA) is 71.3 Å². The van der Waals surface area contributed by atoms with Gasteiger partial charge in [-0.1, -0.05) is 13.8 Å². The second-order valence-corrected chi connectivity index (χ2v) is 9.19. The van der Waals surface area contributed by atoms with E-state index in [4.69, 9.17) is 0 Å². The second kappa shape index (κ2) is 5.87.